The quantitative estimate of drug-likeness (QED) is 0.701. The second-order valence-electron chi connectivity index (χ2n) is 9.39. The van der Waals surface area contributed by atoms with E-state index in [-0.39, 0.29) is 30.8 Å². The number of nitrogens with zero attached hydrogens (tertiary/aromatic N) is 1. The zero-order valence-corrected chi connectivity index (χ0v) is 18.6. The molecule has 7 nitrogen and oxygen atoms in total. The lowest BCUT2D eigenvalue weighted by atomic mass is 9.98. The summed E-state index contributed by atoms with van der Waals surface area (Å²) in [5.41, 5.74) is 3.57. The lowest BCUT2D eigenvalue weighted by Crippen LogP contribution is -2.52. The maximum Gasteiger partial charge on any atom is 0.407 e. The minimum atomic E-state index is -1.03. The number of carboxylic acids is 1. The number of fused-ring (bicyclic) bond motifs is 4. The first-order valence-corrected chi connectivity index (χ1v) is 11.6. The van der Waals surface area contributed by atoms with Crippen LogP contribution in [0.5, 0.6) is 0 Å². The van der Waals surface area contributed by atoms with E-state index < -0.39 is 23.6 Å². The number of likely N-dealkylation sites (tertiary alicyclic amines) is 1. The normalized spacial score (nSPS) is 23.7. The van der Waals surface area contributed by atoms with E-state index >= 15 is 0 Å². The van der Waals surface area contributed by atoms with Crippen molar-refractivity contribution < 1.29 is 24.2 Å². The van der Waals surface area contributed by atoms with E-state index in [4.69, 9.17) is 4.74 Å². The van der Waals surface area contributed by atoms with Gasteiger partial charge in [-0.3, -0.25) is 4.79 Å². The Kier molecular flexibility index (Phi) is 5.35. The molecule has 2 aromatic carbocycles. The molecule has 0 bridgehead atoms. The average Bonchev–Trinajstić information content (AvgIpc) is 3.48. The summed E-state index contributed by atoms with van der Waals surface area (Å²) in [6.07, 6.45) is 1.67. The van der Waals surface area contributed by atoms with Crippen LogP contribution in [-0.4, -0.2) is 52.7 Å². The summed E-state index contributed by atoms with van der Waals surface area (Å²) in [5, 5.41) is 12.4. The van der Waals surface area contributed by atoms with Crippen molar-refractivity contribution in [2.75, 3.05) is 13.2 Å². The van der Waals surface area contributed by atoms with Gasteiger partial charge in [0.25, 0.3) is 0 Å². The lowest BCUT2D eigenvalue weighted by molar-refractivity contribution is -0.154. The molecular weight excluding hydrogens is 420 g/mol. The molecule has 3 atom stereocenters. The fourth-order valence-electron chi connectivity index (χ4n) is 5.67. The number of ether oxygens (including phenoxy) is 1. The van der Waals surface area contributed by atoms with Crippen LogP contribution >= 0.6 is 0 Å². The number of rotatable bonds is 6. The molecule has 2 fully saturated rings. The fraction of sp³-hybridized carbons (Fsp3) is 0.423. The van der Waals surface area contributed by atoms with Crippen LogP contribution < -0.4 is 5.32 Å². The highest BCUT2D eigenvalue weighted by atomic mass is 16.5. The third-order valence-corrected chi connectivity index (χ3v) is 7.35. The molecule has 1 heterocycles. The van der Waals surface area contributed by atoms with Crippen LogP contribution in [0.15, 0.2) is 48.5 Å². The van der Waals surface area contributed by atoms with Crippen molar-refractivity contribution in [1.29, 1.82) is 0 Å². The summed E-state index contributed by atoms with van der Waals surface area (Å²) in [6.45, 7) is 2.40. The molecule has 2 amide bonds. The molecule has 1 saturated heterocycles. The van der Waals surface area contributed by atoms with E-state index in [1.54, 1.807) is 6.92 Å². The van der Waals surface area contributed by atoms with E-state index in [9.17, 15) is 19.5 Å². The fourth-order valence-corrected chi connectivity index (χ4v) is 5.67. The molecule has 2 N–H and O–H groups in total. The van der Waals surface area contributed by atoms with Gasteiger partial charge in [0.05, 0.1) is 0 Å². The zero-order valence-electron chi connectivity index (χ0n) is 18.6. The average molecular weight is 449 g/mol. The molecule has 0 radical (unpaired) electrons. The summed E-state index contributed by atoms with van der Waals surface area (Å²) < 4.78 is 5.56. The third-order valence-electron chi connectivity index (χ3n) is 7.35. The summed E-state index contributed by atoms with van der Waals surface area (Å²) in [7, 11) is 0. The number of alkyl carbamates (subject to hydrolysis) is 1. The summed E-state index contributed by atoms with van der Waals surface area (Å²) in [6, 6.07) is 15.8. The number of hydrogen-bond acceptors (Lipinski definition) is 4. The Morgan fingerprint density at radius 2 is 1.76 bits per heavy atom. The van der Waals surface area contributed by atoms with Crippen LogP contribution in [0.3, 0.4) is 0 Å². The standard InChI is InChI=1S/C26H28N2O5/c1-16(13-23(29)28-12-6-7-17-14-26(17,28)24(30)31)27-25(32)33-15-22-20-10-4-2-8-18(20)19-9-3-5-11-21(19)22/h2-5,8-11,16-17,22H,6-7,12-15H2,1H3,(H,27,32)(H,30,31)/t16-,17+,26-/m1/s1. The van der Waals surface area contributed by atoms with Crippen LogP contribution in [-0.2, 0) is 14.3 Å². The number of aliphatic carboxylic acids is 1. The number of carboxylic acid groups (broad SMARTS) is 1. The second-order valence-corrected chi connectivity index (χ2v) is 9.39. The van der Waals surface area contributed by atoms with Crippen LogP contribution in [0.25, 0.3) is 11.1 Å². The first-order valence-electron chi connectivity index (χ1n) is 11.6. The molecule has 2 aromatic rings. The van der Waals surface area contributed by atoms with Crippen molar-refractivity contribution in [3.05, 3.63) is 59.7 Å². The minimum Gasteiger partial charge on any atom is -0.479 e. The summed E-state index contributed by atoms with van der Waals surface area (Å²) in [5.74, 6) is -1.13. The van der Waals surface area contributed by atoms with Gasteiger partial charge in [0, 0.05) is 24.9 Å². The highest BCUT2D eigenvalue weighted by Crippen LogP contribution is 2.54. The zero-order chi connectivity index (χ0) is 23.2. The predicted octanol–water partition coefficient (Wildman–Crippen LogP) is 3.77. The molecule has 2 aliphatic carbocycles. The number of carbonyl (C=O) groups is 3. The Bertz CT molecular complexity index is 1070. The Balaban J connectivity index is 1.18. The van der Waals surface area contributed by atoms with E-state index in [1.807, 2.05) is 24.3 Å². The van der Waals surface area contributed by atoms with Gasteiger partial charge in [-0.25, -0.2) is 9.59 Å². The molecule has 172 valence electrons. The van der Waals surface area contributed by atoms with Crippen molar-refractivity contribution in [3.8, 4) is 11.1 Å². The maximum atomic E-state index is 12.8. The van der Waals surface area contributed by atoms with Gasteiger partial charge < -0.3 is 20.1 Å². The Labute approximate surface area is 192 Å². The number of carbonyl (C=O) groups excluding carboxylic acids is 2. The minimum absolute atomic E-state index is 0.0318. The van der Waals surface area contributed by atoms with Crippen molar-refractivity contribution in [2.45, 2.75) is 50.1 Å². The van der Waals surface area contributed by atoms with Gasteiger partial charge in [-0.1, -0.05) is 48.5 Å². The maximum absolute atomic E-state index is 12.8. The van der Waals surface area contributed by atoms with Gasteiger partial charge in [0.15, 0.2) is 0 Å². The Morgan fingerprint density at radius 1 is 1.12 bits per heavy atom. The van der Waals surface area contributed by atoms with Gasteiger partial charge in [-0.2, -0.15) is 0 Å². The van der Waals surface area contributed by atoms with Gasteiger partial charge >= 0.3 is 12.1 Å². The number of hydrogen-bond donors (Lipinski definition) is 2. The van der Waals surface area contributed by atoms with Crippen molar-refractivity contribution in [2.24, 2.45) is 5.92 Å². The molecule has 1 aliphatic heterocycles. The highest BCUT2D eigenvalue weighted by Gasteiger charge is 2.66. The number of piperidine rings is 1. The van der Waals surface area contributed by atoms with Crippen LogP contribution in [0, 0.1) is 5.92 Å². The molecule has 33 heavy (non-hydrogen) atoms. The van der Waals surface area contributed by atoms with Crippen LogP contribution in [0.1, 0.15) is 49.7 Å². The van der Waals surface area contributed by atoms with E-state index in [2.05, 4.69) is 29.6 Å². The van der Waals surface area contributed by atoms with Gasteiger partial charge in [-0.15, -0.1) is 0 Å². The smallest absolute Gasteiger partial charge is 0.407 e. The number of amides is 2. The SMILES string of the molecule is C[C@H](CC(=O)N1CCC[C@H]2C[C@]21C(=O)O)NC(=O)OCC1c2ccccc2-c2ccccc21. The number of nitrogens with one attached hydrogen (secondary N) is 1. The predicted molar refractivity (Wildman–Crippen MR) is 122 cm³/mol. The molecule has 0 spiro atoms. The Hall–Kier alpha value is -3.35. The van der Waals surface area contributed by atoms with Crippen molar-refractivity contribution in [3.63, 3.8) is 0 Å². The van der Waals surface area contributed by atoms with Gasteiger partial charge in [0.2, 0.25) is 5.91 Å². The third kappa shape index (κ3) is 3.65. The van der Waals surface area contributed by atoms with E-state index in [0.717, 1.165) is 35.1 Å². The van der Waals surface area contributed by atoms with Crippen molar-refractivity contribution >= 4 is 18.0 Å². The molecule has 0 aromatic heterocycles. The highest BCUT2D eigenvalue weighted by molar-refractivity contribution is 5.91. The van der Waals surface area contributed by atoms with E-state index in [0.29, 0.717) is 13.0 Å². The molecule has 1 saturated carbocycles. The van der Waals surface area contributed by atoms with Gasteiger partial charge in [0.1, 0.15) is 12.1 Å². The largest absolute Gasteiger partial charge is 0.479 e. The van der Waals surface area contributed by atoms with Crippen LogP contribution in [0.2, 0.25) is 0 Å². The molecule has 3 aliphatic rings. The Morgan fingerprint density at radius 3 is 2.39 bits per heavy atom. The van der Waals surface area contributed by atoms with Crippen LogP contribution in [0.4, 0.5) is 4.79 Å². The lowest BCUT2D eigenvalue weighted by Gasteiger charge is -2.34. The first kappa shape index (κ1) is 21.5. The molecule has 7 heteroatoms. The molecule has 5 rings (SSSR count). The molecular formula is C26H28N2O5. The van der Waals surface area contributed by atoms with E-state index in [1.165, 1.54) is 4.90 Å². The first-order chi connectivity index (χ1) is 15.9. The second kappa shape index (κ2) is 8.21. The number of benzene rings is 2. The summed E-state index contributed by atoms with van der Waals surface area (Å²) >= 11 is 0. The topological polar surface area (TPSA) is 95.9 Å². The summed E-state index contributed by atoms with van der Waals surface area (Å²) in [4.78, 5) is 38.6. The van der Waals surface area contributed by atoms with Crippen molar-refractivity contribution in [1.82, 2.24) is 10.2 Å². The van der Waals surface area contributed by atoms with Gasteiger partial charge in [-0.05, 0) is 54.4 Å². The monoisotopic (exact) mass is 448 g/mol. The molecule has 0 unspecified atom stereocenters.